The van der Waals surface area contributed by atoms with Crippen molar-refractivity contribution in [2.24, 2.45) is 5.92 Å². The minimum atomic E-state index is -0.808. The van der Waals surface area contributed by atoms with Crippen LogP contribution in [0.5, 0.6) is 5.75 Å². The number of aryl methyl sites for hydroxylation is 1. The van der Waals surface area contributed by atoms with Crippen molar-refractivity contribution >= 4 is 11.9 Å². The summed E-state index contributed by atoms with van der Waals surface area (Å²) in [4.78, 5) is 22.5. The summed E-state index contributed by atoms with van der Waals surface area (Å²) < 4.78 is 5.57. The maximum atomic E-state index is 11.9. The van der Waals surface area contributed by atoms with E-state index in [-0.39, 0.29) is 11.8 Å². The normalized spacial score (nSPS) is 13.3. The fourth-order valence-corrected chi connectivity index (χ4v) is 1.83. The van der Waals surface area contributed by atoms with Gasteiger partial charge < -0.3 is 15.2 Å². The van der Waals surface area contributed by atoms with Crippen molar-refractivity contribution < 1.29 is 19.4 Å². The van der Waals surface area contributed by atoms with Crippen LogP contribution in [0.25, 0.3) is 0 Å². The molecule has 1 aromatic carbocycles. The largest absolute Gasteiger partial charge is 0.481 e. The van der Waals surface area contributed by atoms with E-state index in [1.807, 2.05) is 31.2 Å². The molecule has 5 heteroatoms. The van der Waals surface area contributed by atoms with Gasteiger partial charge in [-0.05, 0) is 44.4 Å². The van der Waals surface area contributed by atoms with Gasteiger partial charge in [-0.25, -0.2) is 0 Å². The van der Waals surface area contributed by atoms with E-state index >= 15 is 0 Å². The van der Waals surface area contributed by atoms with Crippen molar-refractivity contribution in [3.05, 3.63) is 29.8 Å². The van der Waals surface area contributed by atoms with E-state index in [0.717, 1.165) is 5.56 Å². The molecule has 21 heavy (non-hydrogen) atoms. The minimum Gasteiger partial charge on any atom is -0.481 e. The van der Waals surface area contributed by atoms with Crippen LogP contribution < -0.4 is 10.1 Å². The molecular formula is C16H23NO4. The molecule has 0 aromatic heterocycles. The van der Waals surface area contributed by atoms with E-state index in [9.17, 15) is 9.59 Å². The zero-order chi connectivity index (χ0) is 15.8. The molecule has 0 saturated carbocycles. The molecule has 0 heterocycles. The van der Waals surface area contributed by atoms with Gasteiger partial charge in [0, 0.05) is 6.54 Å². The van der Waals surface area contributed by atoms with E-state index in [1.54, 1.807) is 13.8 Å². The molecule has 1 rings (SSSR count). The van der Waals surface area contributed by atoms with Gasteiger partial charge in [-0.1, -0.05) is 19.1 Å². The molecule has 0 bridgehead atoms. The smallest absolute Gasteiger partial charge is 0.306 e. The van der Waals surface area contributed by atoms with Crippen LogP contribution >= 0.6 is 0 Å². The fourth-order valence-electron chi connectivity index (χ4n) is 1.83. The summed E-state index contributed by atoms with van der Waals surface area (Å²) in [5.74, 6) is -0.725. The number of carbonyl (C=O) groups is 2. The number of carboxylic acids is 1. The lowest BCUT2D eigenvalue weighted by atomic mass is 10.1. The predicted molar refractivity (Wildman–Crippen MR) is 80.3 cm³/mol. The summed E-state index contributed by atoms with van der Waals surface area (Å²) in [6.07, 6.45) is 0.600. The average Bonchev–Trinajstić information content (AvgIpc) is 2.42. The highest BCUT2D eigenvalue weighted by atomic mass is 16.5. The SMILES string of the molecule is Cc1cccc(OC(C)C(=O)NCCCC(C)C(=O)O)c1. The van der Waals surface area contributed by atoms with E-state index in [2.05, 4.69) is 5.32 Å². The van der Waals surface area contributed by atoms with Crippen LogP contribution in [-0.4, -0.2) is 29.6 Å². The molecule has 0 aliphatic rings. The standard InChI is InChI=1S/C16H23NO4/c1-11-6-4-8-14(10-11)21-13(3)15(18)17-9-5-7-12(2)16(19)20/h4,6,8,10,12-13H,5,7,9H2,1-3H3,(H,17,18)(H,19,20). The second-order valence-corrected chi connectivity index (χ2v) is 5.25. The number of aliphatic carboxylic acids is 1. The minimum absolute atomic E-state index is 0.195. The summed E-state index contributed by atoms with van der Waals surface area (Å²) in [6, 6.07) is 7.52. The van der Waals surface area contributed by atoms with Crippen molar-refractivity contribution in [3.8, 4) is 5.75 Å². The lowest BCUT2D eigenvalue weighted by molar-refractivity contribution is -0.141. The maximum Gasteiger partial charge on any atom is 0.306 e. The van der Waals surface area contributed by atoms with Crippen molar-refractivity contribution in [2.45, 2.75) is 39.7 Å². The third-order valence-electron chi connectivity index (χ3n) is 3.21. The first-order valence-corrected chi connectivity index (χ1v) is 7.14. The first-order valence-electron chi connectivity index (χ1n) is 7.14. The molecule has 0 aliphatic heterocycles. The number of ether oxygens (including phenoxy) is 1. The Balaban J connectivity index is 2.30. The van der Waals surface area contributed by atoms with Crippen LogP contribution in [0.1, 0.15) is 32.3 Å². The van der Waals surface area contributed by atoms with Gasteiger partial charge in [0.05, 0.1) is 5.92 Å². The molecule has 116 valence electrons. The van der Waals surface area contributed by atoms with Crippen LogP contribution in [0.2, 0.25) is 0 Å². The molecule has 2 N–H and O–H groups in total. The average molecular weight is 293 g/mol. The lowest BCUT2D eigenvalue weighted by Gasteiger charge is -2.15. The maximum absolute atomic E-state index is 11.9. The lowest BCUT2D eigenvalue weighted by Crippen LogP contribution is -2.37. The Morgan fingerprint density at radius 1 is 1.33 bits per heavy atom. The number of carboxylic acid groups (broad SMARTS) is 1. The summed E-state index contributed by atoms with van der Waals surface area (Å²) in [5.41, 5.74) is 1.07. The highest BCUT2D eigenvalue weighted by molar-refractivity contribution is 5.80. The second-order valence-electron chi connectivity index (χ2n) is 5.25. The van der Waals surface area contributed by atoms with Crippen LogP contribution in [-0.2, 0) is 9.59 Å². The Morgan fingerprint density at radius 3 is 2.67 bits per heavy atom. The third-order valence-corrected chi connectivity index (χ3v) is 3.21. The zero-order valence-corrected chi connectivity index (χ0v) is 12.8. The van der Waals surface area contributed by atoms with Gasteiger partial charge in [0.1, 0.15) is 5.75 Å². The number of carbonyl (C=O) groups excluding carboxylic acids is 1. The third kappa shape index (κ3) is 6.29. The van der Waals surface area contributed by atoms with Crippen LogP contribution in [0, 0.1) is 12.8 Å². The molecular weight excluding hydrogens is 270 g/mol. The molecule has 2 unspecified atom stereocenters. The molecule has 5 nitrogen and oxygen atoms in total. The quantitative estimate of drug-likeness (QED) is 0.722. The summed E-state index contributed by atoms with van der Waals surface area (Å²) in [6.45, 7) is 5.77. The fraction of sp³-hybridized carbons (Fsp3) is 0.500. The van der Waals surface area contributed by atoms with E-state index < -0.39 is 12.1 Å². The molecule has 2 atom stereocenters. The van der Waals surface area contributed by atoms with Crippen LogP contribution in [0.3, 0.4) is 0 Å². The topological polar surface area (TPSA) is 75.6 Å². The summed E-state index contributed by atoms with van der Waals surface area (Å²) >= 11 is 0. The van der Waals surface area contributed by atoms with E-state index in [4.69, 9.17) is 9.84 Å². The number of amides is 1. The van der Waals surface area contributed by atoms with Crippen LogP contribution in [0.15, 0.2) is 24.3 Å². The first-order chi connectivity index (χ1) is 9.90. The molecule has 0 radical (unpaired) electrons. The highest BCUT2D eigenvalue weighted by Crippen LogP contribution is 2.14. The molecule has 0 aliphatic carbocycles. The van der Waals surface area contributed by atoms with Gasteiger partial charge >= 0.3 is 5.97 Å². The second kappa shape index (κ2) is 8.29. The van der Waals surface area contributed by atoms with Gasteiger partial charge in [-0.3, -0.25) is 9.59 Å². The Hall–Kier alpha value is -2.04. The Bertz CT molecular complexity index is 487. The number of hydrogen-bond donors (Lipinski definition) is 2. The first kappa shape index (κ1) is 17.0. The number of rotatable bonds is 8. The van der Waals surface area contributed by atoms with Gasteiger partial charge in [0.25, 0.3) is 5.91 Å². The molecule has 0 saturated heterocycles. The summed E-state index contributed by atoms with van der Waals surface area (Å²) in [5, 5.41) is 11.5. The van der Waals surface area contributed by atoms with E-state index in [1.165, 1.54) is 0 Å². The van der Waals surface area contributed by atoms with Gasteiger partial charge in [0.2, 0.25) is 0 Å². The zero-order valence-electron chi connectivity index (χ0n) is 12.8. The van der Waals surface area contributed by atoms with Crippen molar-refractivity contribution in [3.63, 3.8) is 0 Å². The van der Waals surface area contributed by atoms with Gasteiger partial charge in [0.15, 0.2) is 6.10 Å². The Labute approximate surface area is 125 Å². The van der Waals surface area contributed by atoms with Crippen molar-refractivity contribution in [1.82, 2.24) is 5.32 Å². The van der Waals surface area contributed by atoms with Crippen molar-refractivity contribution in [2.75, 3.05) is 6.54 Å². The highest BCUT2D eigenvalue weighted by Gasteiger charge is 2.15. The predicted octanol–water partition coefficient (Wildman–Crippen LogP) is 2.38. The molecule has 0 fully saturated rings. The number of benzene rings is 1. The summed E-state index contributed by atoms with van der Waals surface area (Å²) in [7, 11) is 0. The molecule has 1 aromatic rings. The van der Waals surface area contributed by atoms with Crippen LogP contribution in [0.4, 0.5) is 0 Å². The van der Waals surface area contributed by atoms with Gasteiger partial charge in [-0.2, -0.15) is 0 Å². The molecule has 0 spiro atoms. The molecule has 1 amide bonds. The van der Waals surface area contributed by atoms with Crippen molar-refractivity contribution in [1.29, 1.82) is 0 Å². The number of hydrogen-bond acceptors (Lipinski definition) is 3. The number of nitrogens with one attached hydrogen (secondary N) is 1. The van der Waals surface area contributed by atoms with E-state index in [0.29, 0.717) is 25.1 Å². The Kier molecular flexibility index (Phi) is 6.72. The Morgan fingerprint density at radius 2 is 2.05 bits per heavy atom. The monoisotopic (exact) mass is 293 g/mol. The van der Waals surface area contributed by atoms with Gasteiger partial charge in [-0.15, -0.1) is 0 Å².